The van der Waals surface area contributed by atoms with E-state index in [1.165, 1.54) is 18.1 Å². The first-order chi connectivity index (χ1) is 8.47. The highest BCUT2D eigenvalue weighted by atomic mass is 16.4. The van der Waals surface area contributed by atoms with Gasteiger partial charge in [0.15, 0.2) is 17.4 Å². The molecule has 0 amide bonds. The zero-order chi connectivity index (χ0) is 13.3. The fourth-order valence-corrected chi connectivity index (χ4v) is 1.97. The summed E-state index contributed by atoms with van der Waals surface area (Å²) in [6.45, 7) is 5.63. The first kappa shape index (κ1) is 12.4. The predicted octanol–water partition coefficient (Wildman–Crippen LogP) is 3.87. The second-order valence-corrected chi connectivity index (χ2v) is 4.60. The Bertz CT molecular complexity index is 564. The zero-order valence-corrected chi connectivity index (χ0v) is 11.2. The summed E-state index contributed by atoms with van der Waals surface area (Å²) in [7, 11) is 1.93. The Morgan fingerprint density at radius 2 is 1.72 bits per heavy atom. The fraction of sp³-hybridized carbons (Fsp3) is 0.267. The maximum Gasteiger partial charge on any atom is 0.200 e. The van der Waals surface area contributed by atoms with Crippen molar-refractivity contribution in [2.75, 3.05) is 11.9 Å². The molecule has 18 heavy (non-hydrogen) atoms. The molecule has 2 rings (SSSR count). The molecule has 0 aliphatic heterocycles. The van der Waals surface area contributed by atoms with Crippen LogP contribution in [0.3, 0.4) is 0 Å². The quantitative estimate of drug-likeness (QED) is 0.767. The number of ketones is 1. The van der Waals surface area contributed by atoms with E-state index in [0.29, 0.717) is 11.6 Å². The molecule has 0 unspecified atom stereocenters. The van der Waals surface area contributed by atoms with E-state index in [2.05, 4.69) is 32.0 Å². The van der Waals surface area contributed by atoms with E-state index in [1.54, 1.807) is 6.07 Å². The molecular formula is C15H17NO2. The molecule has 0 atom stereocenters. The van der Waals surface area contributed by atoms with Gasteiger partial charge in [0.1, 0.15) is 0 Å². The minimum absolute atomic E-state index is 0.0601. The number of rotatable bonds is 3. The third kappa shape index (κ3) is 2.45. The Hall–Kier alpha value is -2.03. The molecular weight excluding hydrogens is 226 g/mol. The number of furan rings is 1. The van der Waals surface area contributed by atoms with Crippen LogP contribution < -0.4 is 4.90 Å². The van der Waals surface area contributed by atoms with Gasteiger partial charge in [0, 0.05) is 25.7 Å². The molecule has 0 aliphatic carbocycles. The Labute approximate surface area is 107 Å². The van der Waals surface area contributed by atoms with Crippen LogP contribution >= 0.6 is 0 Å². The number of aryl methyl sites for hydroxylation is 2. The third-order valence-corrected chi connectivity index (χ3v) is 2.86. The molecule has 0 spiro atoms. The lowest BCUT2D eigenvalue weighted by molar-refractivity contribution is 0.0988. The van der Waals surface area contributed by atoms with Gasteiger partial charge in [-0.1, -0.05) is 6.07 Å². The fourth-order valence-electron chi connectivity index (χ4n) is 1.97. The van der Waals surface area contributed by atoms with Crippen LogP contribution in [-0.2, 0) is 0 Å². The van der Waals surface area contributed by atoms with E-state index in [0.717, 1.165) is 5.69 Å². The van der Waals surface area contributed by atoms with Crippen molar-refractivity contribution < 1.29 is 9.21 Å². The molecule has 0 N–H and O–H groups in total. The van der Waals surface area contributed by atoms with Gasteiger partial charge in [-0.3, -0.25) is 4.79 Å². The highest BCUT2D eigenvalue weighted by molar-refractivity contribution is 5.91. The van der Waals surface area contributed by atoms with Crippen molar-refractivity contribution >= 4 is 17.4 Å². The molecule has 1 aromatic heterocycles. The molecule has 3 nitrogen and oxygen atoms in total. The van der Waals surface area contributed by atoms with Crippen LogP contribution in [0, 0.1) is 13.8 Å². The number of carbonyl (C=O) groups is 1. The van der Waals surface area contributed by atoms with Gasteiger partial charge in [-0.2, -0.15) is 0 Å². The van der Waals surface area contributed by atoms with E-state index in [-0.39, 0.29) is 5.78 Å². The van der Waals surface area contributed by atoms with Crippen molar-refractivity contribution in [1.82, 2.24) is 0 Å². The largest absolute Gasteiger partial charge is 0.437 e. The third-order valence-electron chi connectivity index (χ3n) is 2.86. The summed E-state index contributed by atoms with van der Waals surface area (Å²) in [5.74, 6) is 1.00. The van der Waals surface area contributed by atoms with Crippen LogP contribution in [-0.4, -0.2) is 12.8 Å². The van der Waals surface area contributed by atoms with E-state index in [9.17, 15) is 4.79 Å². The summed E-state index contributed by atoms with van der Waals surface area (Å²) in [6.07, 6.45) is 0. The summed E-state index contributed by atoms with van der Waals surface area (Å²) in [5.41, 5.74) is 3.46. The molecule has 94 valence electrons. The van der Waals surface area contributed by atoms with Crippen LogP contribution in [0.15, 0.2) is 34.7 Å². The van der Waals surface area contributed by atoms with Crippen LogP contribution in [0.1, 0.15) is 28.6 Å². The molecule has 0 bridgehead atoms. The maximum atomic E-state index is 11.2. The SMILES string of the molecule is CC(=O)c1ccc(N(C)c2cc(C)cc(C)c2)o1. The summed E-state index contributed by atoms with van der Waals surface area (Å²) in [5, 5.41) is 0. The van der Waals surface area contributed by atoms with Crippen molar-refractivity contribution in [3.8, 4) is 0 Å². The molecule has 0 saturated carbocycles. The molecule has 3 heteroatoms. The van der Waals surface area contributed by atoms with E-state index < -0.39 is 0 Å². The van der Waals surface area contributed by atoms with Gasteiger partial charge in [-0.05, 0) is 43.2 Å². The van der Waals surface area contributed by atoms with Gasteiger partial charge in [-0.15, -0.1) is 0 Å². The summed E-state index contributed by atoms with van der Waals surface area (Å²) < 4.78 is 5.52. The molecule has 0 aliphatic rings. The predicted molar refractivity (Wildman–Crippen MR) is 72.7 cm³/mol. The lowest BCUT2D eigenvalue weighted by atomic mass is 10.1. The van der Waals surface area contributed by atoms with E-state index in [1.807, 2.05) is 18.0 Å². The molecule has 2 aromatic rings. The molecule has 1 aromatic carbocycles. The minimum Gasteiger partial charge on any atom is -0.437 e. The van der Waals surface area contributed by atoms with Crippen LogP contribution in [0.2, 0.25) is 0 Å². The Morgan fingerprint density at radius 1 is 1.11 bits per heavy atom. The van der Waals surface area contributed by atoms with E-state index >= 15 is 0 Å². The van der Waals surface area contributed by atoms with Crippen molar-refractivity contribution in [3.63, 3.8) is 0 Å². The summed E-state index contributed by atoms with van der Waals surface area (Å²) in [4.78, 5) is 13.2. The van der Waals surface area contributed by atoms with Crippen molar-refractivity contribution in [3.05, 3.63) is 47.2 Å². The highest BCUT2D eigenvalue weighted by Crippen LogP contribution is 2.27. The second kappa shape index (κ2) is 4.69. The zero-order valence-electron chi connectivity index (χ0n) is 11.2. The Balaban J connectivity index is 2.34. The average molecular weight is 243 g/mol. The van der Waals surface area contributed by atoms with Crippen LogP contribution in [0.4, 0.5) is 11.6 Å². The highest BCUT2D eigenvalue weighted by Gasteiger charge is 2.11. The Morgan fingerprint density at radius 3 is 2.22 bits per heavy atom. The summed E-state index contributed by atoms with van der Waals surface area (Å²) >= 11 is 0. The van der Waals surface area contributed by atoms with Gasteiger partial charge in [-0.25, -0.2) is 0 Å². The topological polar surface area (TPSA) is 33.5 Å². The van der Waals surface area contributed by atoms with Crippen molar-refractivity contribution in [1.29, 1.82) is 0 Å². The monoisotopic (exact) mass is 243 g/mol. The number of anilines is 2. The number of benzene rings is 1. The standard InChI is InChI=1S/C15H17NO2/c1-10-7-11(2)9-13(8-10)16(4)15-6-5-14(18-15)12(3)17/h5-9H,1-4H3. The first-order valence-electron chi connectivity index (χ1n) is 5.90. The van der Waals surface area contributed by atoms with Crippen LogP contribution in [0.5, 0.6) is 0 Å². The average Bonchev–Trinajstić information content (AvgIpc) is 2.75. The maximum absolute atomic E-state index is 11.2. The number of Topliss-reactive ketones (excluding diaryl/α,β-unsaturated/α-hetero) is 1. The molecule has 0 fully saturated rings. The lowest BCUT2D eigenvalue weighted by Gasteiger charge is -2.17. The molecule has 0 radical (unpaired) electrons. The smallest absolute Gasteiger partial charge is 0.200 e. The minimum atomic E-state index is -0.0601. The molecule has 1 heterocycles. The normalized spacial score (nSPS) is 10.4. The summed E-state index contributed by atoms with van der Waals surface area (Å²) in [6, 6.07) is 9.82. The first-order valence-corrected chi connectivity index (χ1v) is 5.90. The van der Waals surface area contributed by atoms with Gasteiger partial charge in [0.05, 0.1) is 0 Å². The number of hydrogen-bond acceptors (Lipinski definition) is 3. The second-order valence-electron chi connectivity index (χ2n) is 4.60. The van der Waals surface area contributed by atoms with Gasteiger partial charge in [0.25, 0.3) is 0 Å². The molecule has 0 saturated heterocycles. The number of carbonyl (C=O) groups excluding carboxylic acids is 1. The van der Waals surface area contributed by atoms with Crippen molar-refractivity contribution in [2.45, 2.75) is 20.8 Å². The van der Waals surface area contributed by atoms with Gasteiger partial charge < -0.3 is 9.32 Å². The van der Waals surface area contributed by atoms with Crippen molar-refractivity contribution in [2.24, 2.45) is 0 Å². The number of nitrogens with zero attached hydrogens (tertiary/aromatic N) is 1. The van der Waals surface area contributed by atoms with E-state index in [4.69, 9.17) is 4.42 Å². The van der Waals surface area contributed by atoms with Crippen LogP contribution in [0.25, 0.3) is 0 Å². The Kier molecular flexibility index (Phi) is 3.24. The van der Waals surface area contributed by atoms with Gasteiger partial charge >= 0.3 is 0 Å². The van der Waals surface area contributed by atoms with Gasteiger partial charge in [0.2, 0.25) is 0 Å². The lowest BCUT2D eigenvalue weighted by Crippen LogP contribution is -2.08. The number of hydrogen-bond donors (Lipinski definition) is 0.